The number of rotatable bonds is 6. The summed E-state index contributed by atoms with van der Waals surface area (Å²) in [4.78, 5) is 23.7. The molecule has 0 aliphatic carbocycles. The fraction of sp³-hybridized carbons (Fsp3) is 0.476. The Kier molecular flexibility index (Phi) is 5.55. The van der Waals surface area contributed by atoms with Crippen molar-refractivity contribution in [2.24, 2.45) is 0 Å². The Morgan fingerprint density at radius 1 is 1.15 bits per heavy atom. The Hall–Kier alpha value is -2.43. The predicted octanol–water partition coefficient (Wildman–Crippen LogP) is 4.33. The molecule has 2 aromatic rings. The number of aromatic nitrogens is 2. The van der Waals surface area contributed by atoms with Gasteiger partial charge in [0.1, 0.15) is 0 Å². The number of aliphatic carboxylic acids is 1. The summed E-state index contributed by atoms with van der Waals surface area (Å²) in [7, 11) is 0. The molecule has 0 saturated carbocycles. The molecule has 3 rings (SSSR count). The Balaban J connectivity index is 2.17. The molecule has 26 heavy (non-hydrogen) atoms. The van der Waals surface area contributed by atoms with Crippen molar-refractivity contribution in [3.63, 3.8) is 0 Å². The van der Waals surface area contributed by atoms with Crippen molar-refractivity contribution < 1.29 is 9.90 Å². The highest BCUT2D eigenvalue weighted by Gasteiger charge is 2.28. The molecule has 0 radical (unpaired) electrons. The van der Waals surface area contributed by atoms with Gasteiger partial charge < -0.3 is 10.0 Å². The second-order valence-electron chi connectivity index (χ2n) is 7.11. The Labute approximate surface area is 155 Å². The van der Waals surface area contributed by atoms with E-state index >= 15 is 0 Å². The highest BCUT2D eigenvalue weighted by molar-refractivity contribution is 5.81. The van der Waals surface area contributed by atoms with Crippen LogP contribution in [0.3, 0.4) is 0 Å². The molecule has 0 amide bonds. The molecule has 1 fully saturated rings. The minimum absolute atomic E-state index is 0.580. The highest BCUT2D eigenvalue weighted by atomic mass is 16.4. The van der Waals surface area contributed by atoms with Gasteiger partial charge in [0.2, 0.25) is 5.95 Å². The highest BCUT2D eigenvalue weighted by Crippen LogP contribution is 2.34. The number of anilines is 1. The average molecular weight is 353 g/mol. The summed E-state index contributed by atoms with van der Waals surface area (Å²) in [6.45, 7) is 7.89. The summed E-state index contributed by atoms with van der Waals surface area (Å²) in [5, 5.41) is 9.81. The van der Waals surface area contributed by atoms with Crippen LogP contribution in [-0.4, -0.2) is 34.1 Å². The number of carbonyl (C=O) groups is 1. The minimum Gasteiger partial charge on any atom is -0.481 e. The zero-order valence-electron chi connectivity index (χ0n) is 15.8. The third-order valence-electron chi connectivity index (χ3n) is 5.06. The van der Waals surface area contributed by atoms with E-state index < -0.39 is 11.9 Å². The second-order valence-corrected chi connectivity index (χ2v) is 7.11. The van der Waals surface area contributed by atoms with Gasteiger partial charge in [-0.05, 0) is 33.1 Å². The predicted molar refractivity (Wildman–Crippen MR) is 104 cm³/mol. The summed E-state index contributed by atoms with van der Waals surface area (Å²) in [5.74, 6) is -0.662. The average Bonchev–Trinajstić information content (AvgIpc) is 3.15. The van der Waals surface area contributed by atoms with Crippen LogP contribution in [-0.2, 0) is 4.79 Å². The molecule has 138 valence electrons. The van der Waals surface area contributed by atoms with Crippen molar-refractivity contribution in [1.29, 1.82) is 0 Å². The lowest BCUT2D eigenvalue weighted by Crippen LogP contribution is -2.23. The van der Waals surface area contributed by atoms with Crippen LogP contribution in [0.15, 0.2) is 24.3 Å². The molecule has 1 aromatic carbocycles. The van der Waals surface area contributed by atoms with Gasteiger partial charge in [-0.1, -0.05) is 43.2 Å². The quantitative estimate of drug-likeness (QED) is 0.837. The smallest absolute Gasteiger partial charge is 0.311 e. The number of carboxylic acids is 1. The topological polar surface area (TPSA) is 66.3 Å². The number of carboxylic acid groups (broad SMARTS) is 1. The van der Waals surface area contributed by atoms with Crippen LogP contribution < -0.4 is 4.90 Å². The normalized spacial score (nSPS) is 15.3. The van der Waals surface area contributed by atoms with Crippen molar-refractivity contribution in [2.45, 2.75) is 52.4 Å². The molecule has 1 aliphatic rings. The van der Waals surface area contributed by atoms with Gasteiger partial charge in [-0.25, -0.2) is 9.97 Å². The Morgan fingerprint density at radius 2 is 1.81 bits per heavy atom. The zero-order chi connectivity index (χ0) is 18.7. The van der Waals surface area contributed by atoms with Gasteiger partial charge in [0.15, 0.2) is 0 Å². The van der Waals surface area contributed by atoms with Crippen LogP contribution in [0.5, 0.6) is 0 Å². The van der Waals surface area contributed by atoms with Crippen LogP contribution in [0.4, 0.5) is 5.95 Å². The molecule has 0 bridgehead atoms. The van der Waals surface area contributed by atoms with Crippen LogP contribution >= 0.6 is 0 Å². The molecule has 1 unspecified atom stereocenters. The number of aryl methyl sites for hydroxylation is 2. The van der Waals surface area contributed by atoms with Crippen molar-refractivity contribution in [2.75, 3.05) is 18.0 Å². The fourth-order valence-corrected chi connectivity index (χ4v) is 3.65. The SMILES string of the molecule is CCCC(C(=O)O)c1c(C)nc(N2CCCC2)nc1-c1ccc(C)cc1. The molecule has 2 heterocycles. The Bertz CT molecular complexity index is 781. The van der Waals surface area contributed by atoms with E-state index in [0.29, 0.717) is 6.42 Å². The lowest BCUT2D eigenvalue weighted by atomic mass is 9.89. The summed E-state index contributed by atoms with van der Waals surface area (Å²) >= 11 is 0. The first-order chi connectivity index (χ1) is 12.5. The van der Waals surface area contributed by atoms with E-state index in [1.54, 1.807) is 0 Å². The van der Waals surface area contributed by atoms with E-state index in [-0.39, 0.29) is 0 Å². The summed E-state index contributed by atoms with van der Waals surface area (Å²) in [6.07, 6.45) is 3.69. The summed E-state index contributed by atoms with van der Waals surface area (Å²) in [6, 6.07) is 8.14. The van der Waals surface area contributed by atoms with Crippen molar-refractivity contribution >= 4 is 11.9 Å². The van der Waals surface area contributed by atoms with Gasteiger partial charge >= 0.3 is 5.97 Å². The maximum atomic E-state index is 12.0. The second kappa shape index (κ2) is 7.85. The van der Waals surface area contributed by atoms with E-state index in [4.69, 9.17) is 9.97 Å². The van der Waals surface area contributed by atoms with Gasteiger partial charge in [0.05, 0.1) is 11.6 Å². The van der Waals surface area contributed by atoms with Gasteiger partial charge in [-0.15, -0.1) is 0 Å². The largest absolute Gasteiger partial charge is 0.481 e. The first kappa shape index (κ1) is 18.4. The Morgan fingerprint density at radius 3 is 2.38 bits per heavy atom. The number of nitrogens with zero attached hydrogens (tertiary/aromatic N) is 3. The standard InChI is InChI=1S/C21H27N3O2/c1-4-7-17(20(25)26)18-15(3)22-21(24-12-5-6-13-24)23-19(18)16-10-8-14(2)9-11-16/h8-11,17H,4-7,12-13H2,1-3H3,(H,25,26). The summed E-state index contributed by atoms with van der Waals surface area (Å²) < 4.78 is 0. The van der Waals surface area contributed by atoms with Crippen molar-refractivity contribution in [3.05, 3.63) is 41.1 Å². The van der Waals surface area contributed by atoms with E-state index in [1.807, 2.05) is 45.0 Å². The maximum Gasteiger partial charge on any atom is 0.311 e. The minimum atomic E-state index is -0.805. The molecule has 5 heteroatoms. The number of hydrogen-bond donors (Lipinski definition) is 1. The molecule has 1 N–H and O–H groups in total. The number of benzene rings is 1. The zero-order valence-corrected chi connectivity index (χ0v) is 15.8. The molecule has 1 saturated heterocycles. The molecule has 0 spiro atoms. The van der Waals surface area contributed by atoms with E-state index in [9.17, 15) is 9.90 Å². The van der Waals surface area contributed by atoms with Crippen LogP contribution in [0, 0.1) is 13.8 Å². The molecule has 1 aliphatic heterocycles. The maximum absolute atomic E-state index is 12.0. The molecule has 5 nitrogen and oxygen atoms in total. The number of hydrogen-bond acceptors (Lipinski definition) is 4. The van der Waals surface area contributed by atoms with Crippen LogP contribution in [0.25, 0.3) is 11.3 Å². The van der Waals surface area contributed by atoms with E-state index in [1.165, 1.54) is 5.56 Å². The molecule has 1 atom stereocenters. The van der Waals surface area contributed by atoms with Crippen LogP contribution in [0.2, 0.25) is 0 Å². The fourth-order valence-electron chi connectivity index (χ4n) is 3.65. The molecular formula is C21H27N3O2. The van der Waals surface area contributed by atoms with Crippen LogP contribution in [0.1, 0.15) is 55.3 Å². The first-order valence-electron chi connectivity index (χ1n) is 9.44. The molecular weight excluding hydrogens is 326 g/mol. The third-order valence-corrected chi connectivity index (χ3v) is 5.06. The lowest BCUT2D eigenvalue weighted by Gasteiger charge is -2.22. The monoisotopic (exact) mass is 353 g/mol. The van der Waals surface area contributed by atoms with Crippen molar-refractivity contribution in [3.8, 4) is 11.3 Å². The lowest BCUT2D eigenvalue weighted by molar-refractivity contribution is -0.139. The van der Waals surface area contributed by atoms with Gasteiger partial charge in [0, 0.05) is 29.9 Å². The van der Waals surface area contributed by atoms with Gasteiger partial charge in [0.25, 0.3) is 0 Å². The first-order valence-corrected chi connectivity index (χ1v) is 9.44. The third kappa shape index (κ3) is 3.71. The van der Waals surface area contributed by atoms with E-state index in [0.717, 1.165) is 60.8 Å². The van der Waals surface area contributed by atoms with Gasteiger partial charge in [-0.3, -0.25) is 4.79 Å². The van der Waals surface area contributed by atoms with E-state index in [2.05, 4.69) is 4.90 Å². The molecule has 1 aromatic heterocycles. The van der Waals surface area contributed by atoms with Gasteiger partial charge in [-0.2, -0.15) is 0 Å². The van der Waals surface area contributed by atoms with Crippen molar-refractivity contribution in [1.82, 2.24) is 9.97 Å². The summed E-state index contributed by atoms with van der Waals surface area (Å²) in [5.41, 5.74) is 4.42.